The van der Waals surface area contributed by atoms with Crippen LogP contribution in [0.2, 0.25) is 0 Å². The zero-order chi connectivity index (χ0) is 11.0. The van der Waals surface area contributed by atoms with Gasteiger partial charge in [0.15, 0.2) is 0 Å². The molecule has 0 aromatic rings. The predicted octanol–water partition coefficient (Wildman–Crippen LogP) is -1.37. The van der Waals surface area contributed by atoms with Crippen molar-refractivity contribution >= 4 is 9.84 Å². The molecule has 6 heteroatoms. The Balaban J connectivity index is 2.74. The Morgan fingerprint density at radius 1 is 1.57 bits per heavy atom. The molecule has 0 aromatic carbocycles. The SMILES string of the molecule is CS(=O)(=O)C1CCC(O)(CN)C(O)C1. The van der Waals surface area contributed by atoms with E-state index in [0.29, 0.717) is 6.42 Å². The van der Waals surface area contributed by atoms with Crippen molar-refractivity contribution in [2.45, 2.75) is 36.2 Å². The van der Waals surface area contributed by atoms with E-state index in [9.17, 15) is 18.6 Å². The molecule has 3 atom stereocenters. The Hall–Kier alpha value is -0.170. The van der Waals surface area contributed by atoms with Crippen molar-refractivity contribution in [2.24, 2.45) is 5.73 Å². The fraction of sp³-hybridized carbons (Fsp3) is 1.00. The maximum atomic E-state index is 11.2. The molecule has 14 heavy (non-hydrogen) atoms. The number of sulfone groups is 1. The third kappa shape index (κ3) is 2.25. The quantitative estimate of drug-likeness (QED) is 0.536. The van der Waals surface area contributed by atoms with Gasteiger partial charge >= 0.3 is 0 Å². The van der Waals surface area contributed by atoms with Crippen molar-refractivity contribution in [3.8, 4) is 0 Å². The van der Waals surface area contributed by atoms with Gasteiger partial charge in [0, 0.05) is 12.8 Å². The minimum absolute atomic E-state index is 0.0371. The standard InChI is InChI=1S/C8H17NO4S/c1-14(12,13)6-2-3-8(11,5-9)7(10)4-6/h6-7,10-11H,2-5,9H2,1H3. The van der Waals surface area contributed by atoms with Crippen LogP contribution in [0.3, 0.4) is 0 Å². The third-order valence-electron chi connectivity index (χ3n) is 2.96. The normalized spacial score (nSPS) is 39.7. The summed E-state index contributed by atoms with van der Waals surface area (Å²) in [6.07, 6.45) is 0.788. The topological polar surface area (TPSA) is 101 Å². The molecule has 0 amide bonds. The first-order chi connectivity index (χ1) is 6.29. The number of nitrogens with two attached hydrogens (primary N) is 1. The molecule has 1 fully saturated rings. The molecule has 0 saturated heterocycles. The smallest absolute Gasteiger partial charge is 0.150 e. The molecule has 3 unspecified atom stereocenters. The minimum Gasteiger partial charge on any atom is -0.390 e. The molecule has 1 saturated carbocycles. The van der Waals surface area contributed by atoms with Crippen LogP contribution in [0.1, 0.15) is 19.3 Å². The summed E-state index contributed by atoms with van der Waals surface area (Å²) < 4.78 is 22.4. The lowest BCUT2D eigenvalue weighted by atomic mass is 9.82. The molecule has 0 aromatic heterocycles. The molecule has 0 spiro atoms. The summed E-state index contributed by atoms with van der Waals surface area (Å²) in [5.41, 5.74) is 4.02. The van der Waals surface area contributed by atoms with Crippen molar-refractivity contribution in [2.75, 3.05) is 12.8 Å². The summed E-state index contributed by atoms with van der Waals surface area (Å²) in [7, 11) is -3.13. The first-order valence-corrected chi connectivity index (χ1v) is 6.54. The molecular weight excluding hydrogens is 206 g/mol. The van der Waals surface area contributed by atoms with Crippen LogP contribution in [0.15, 0.2) is 0 Å². The van der Waals surface area contributed by atoms with Crippen molar-refractivity contribution in [1.29, 1.82) is 0 Å². The first-order valence-electron chi connectivity index (χ1n) is 4.59. The Kier molecular flexibility index (Phi) is 3.20. The van der Waals surface area contributed by atoms with Crippen LogP contribution in [0.25, 0.3) is 0 Å². The second-order valence-corrected chi connectivity index (χ2v) is 6.38. The van der Waals surface area contributed by atoms with Gasteiger partial charge in [0.1, 0.15) is 15.4 Å². The third-order valence-corrected chi connectivity index (χ3v) is 4.60. The fourth-order valence-electron chi connectivity index (χ4n) is 1.79. The van der Waals surface area contributed by atoms with Crippen molar-refractivity contribution in [3.63, 3.8) is 0 Å². The van der Waals surface area contributed by atoms with E-state index < -0.39 is 26.8 Å². The van der Waals surface area contributed by atoms with Crippen LogP contribution in [0.5, 0.6) is 0 Å². The Bertz CT molecular complexity index is 302. The van der Waals surface area contributed by atoms with E-state index in [2.05, 4.69) is 0 Å². The Morgan fingerprint density at radius 3 is 2.50 bits per heavy atom. The van der Waals surface area contributed by atoms with E-state index in [4.69, 9.17) is 5.73 Å². The van der Waals surface area contributed by atoms with E-state index in [1.54, 1.807) is 0 Å². The van der Waals surface area contributed by atoms with Gasteiger partial charge in [0.25, 0.3) is 0 Å². The van der Waals surface area contributed by atoms with Crippen LogP contribution in [0.4, 0.5) is 0 Å². The second kappa shape index (κ2) is 3.77. The molecule has 5 nitrogen and oxygen atoms in total. The number of aliphatic hydroxyl groups is 2. The average Bonchev–Trinajstić information content (AvgIpc) is 2.08. The van der Waals surface area contributed by atoms with Gasteiger partial charge in [-0.1, -0.05) is 0 Å². The molecule has 0 bridgehead atoms. The number of hydrogen-bond acceptors (Lipinski definition) is 5. The fourth-order valence-corrected chi connectivity index (χ4v) is 2.87. The highest BCUT2D eigenvalue weighted by Crippen LogP contribution is 2.31. The summed E-state index contributed by atoms with van der Waals surface area (Å²) in [5.74, 6) is 0. The maximum Gasteiger partial charge on any atom is 0.150 e. The van der Waals surface area contributed by atoms with Crippen molar-refractivity contribution < 1.29 is 18.6 Å². The minimum atomic E-state index is -3.13. The van der Waals surface area contributed by atoms with E-state index in [0.717, 1.165) is 6.26 Å². The van der Waals surface area contributed by atoms with Gasteiger partial charge in [0.2, 0.25) is 0 Å². The van der Waals surface area contributed by atoms with Gasteiger partial charge in [-0.25, -0.2) is 8.42 Å². The highest BCUT2D eigenvalue weighted by molar-refractivity contribution is 7.91. The van der Waals surface area contributed by atoms with Gasteiger partial charge in [0.05, 0.1) is 11.4 Å². The molecule has 84 valence electrons. The lowest BCUT2D eigenvalue weighted by Gasteiger charge is -2.38. The zero-order valence-electron chi connectivity index (χ0n) is 8.18. The largest absolute Gasteiger partial charge is 0.390 e. The van der Waals surface area contributed by atoms with Gasteiger partial charge < -0.3 is 15.9 Å². The van der Waals surface area contributed by atoms with E-state index in [1.807, 2.05) is 0 Å². The maximum absolute atomic E-state index is 11.2. The van der Waals surface area contributed by atoms with Gasteiger partial charge in [-0.15, -0.1) is 0 Å². The van der Waals surface area contributed by atoms with Crippen molar-refractivity contribution in [1.82, 2.24) is 0 Å². The lowest BCUT2D eigenvalue weighted by Crippen LogP contribution is -2.54. The zero-order valence-corrected chi connectivity index (χ0v) is 9.00. The van der Waals surface area contributed by atoms with Gasteiger partial charge in [-0.2, -0.15) is 0 Å². The molecule has 0 aliphatic heterocycles. The molecule has 0 heterocycles. The lowest BCUT2D eigenvalue weighted by molar-refractivity contribution is -0.0915. The predicted molar refractivity (Wildman–Crippen MR) is 52.5 cm³/mol. The molecule has 1 aliphatic rings. The molecular formula is C8H17NO4S. The van der Waals surface area contributed by atoms with Crippen molar-refractivity contribution in [3.05, 3.63) is 0 Å². The summed E-state index contributed by atoms with van der Waals surface area (Å²) in [6, 6.07) is 0. The summed E-state index contributed by atoms with van der Waals surface area (Å²) >= 11 is 0. The summed E-state index contributed by atoms with van der Waals surface area (Å²) in [4.78, 5) is 0. The monoisotopic (exact) mass is 223 g/mol. The van der Waals surface area contributed by atoms with Gasteiger partial charge in [-0.3, -0.25) is 0 Å². The van der Waals surface area contributed by atoms with E-state index >= 15 is 0 Å². The Morgan fingerprint density at radius 2 is 2.14 bits per heavy atom. The number of aliphatic hydroxyl groups excluding tert-OH is 1. The number of rotatable bonds is 2. The van der Waals surface area contributed by atoms with Crippen LogP contribution >= 0.6 is 0 Å². The highest BCUT2D eigenvalue weighted by Gasteiger charge is 2.42. The van der Waals surface area contributed by atoms with Crippen LogP contribution in [-0.4, -0.2) is 48.4 Å². The average molecular weight is 223 g/mol. The van der Waals surface area contributed by atoms with Crippen LogP contribution < -0.4 is 5.73 Å². The van der Waals surface area contributed by atoms with E-state index in [-0.39, 0.29) is 19.4 Å². The number of hydrogen-bond donors (Lipinski definition) is 3. The molecule has 1 aliphatic carbocycles. The first kappa shape index (κ1) is 11.9. The van der Waals surface area contributed by atoms with Crippen LogP contribution in [-0.2, 0) is 9.84 Å². The molecule has 4 N–H and O–H groups in total. The summed E-state index contributed by atoms with van der Waals surface area (Å²) in [5, 5.41) is 18.8. The molecule has 0 radical (unpaired) electrons. The van der Waals surface area contributed by atoms with Crippen LogP contribution in [0, 0.1) is 0 Å². The van der Waals surface area contributed by atoms with E-state index in [1.165, 1.54) is 0 Å². The Labute approximate surface area is 83.8 Å². The second-order valence-electron chi connectivity index (χ2n) is 4.05. The summed E-state index contributed by atoms with van der Waals surface area (Å²) in [6.45, 7) is -0.0371. The van der Waals surface area contributed by atoms with Gasteiger partial charge in [-0.05, 0) is 19.3 Å². The highest BCUT2D eigenvalue weighted by atomic mass is 32.2. The molecule has 1 rings (SSSR count).